The van der Waals surface area contributed by atoms with Crippen molar-refractivity contribution in [2.45, 2.75) is 39.0 Å². The molecular formula is C20H23BrO3. The number of benzene rings is 2. The Kier molecular flexibility index (Phi) is 6.44. The minimum absolute atomic E-state index is 0.134. The highest BCUT2D eigenvalue weighted by molar-refractivity contribution is 9.10. The Labute approximate surface area is 152 Å². The molecule has 0 spiro atoms. The van der Waals surface area contributed by atoms with Crippen LogP contribution in [-0.4, -0.2) is 12.6 Å². The smallest absolute Gasteiger partial charge is 0.311 e. The Morgan fingerprint density at radius 2 is 1.54 bits per heavy atom. The molecule has 2 aromatic carbocycles. The molecule has 0 radical (unpaired) electrons. The number of ether oxygens (including phenoxy) is 2. The predicted octanol–water partition coefficient (Wildman–Crippen LogP) is 5.51. The van der Waals surface area contributed by atoms with Gasteiger partial charge in [0.15, 0.2) is 0 Å². The van der Waals surface area contributed by atoms with Gasteiger partial charge in [-0.05, 0) is 53.8 Å². The van der Waals surface area contributed by atoms with Gasteiger partial charge in [0, 0.05) is 10.9 Å². The monoisotopic (exact) mass is 390 g/mol. The number of hydrogen-bond donors (Lipinski definition) is 0. The van der Waals surface area contributed by atoms with Crippen LogP contribution >= 0.6 is 15.9 Å². The van der Waals surface area contributed by atoms with Crippen LogP contribution in [-0.2, 0) is 10.2 Å². The summed E-state index contributed by atoms with van der Waals surface area (Å²) >= 11 is 3.34. The minimum Gasteiger partial charge on any atom is -0.494 e. The number of esters is 1. The van der Waals surface area contributed by atoms with Crippen molar-refractivity contribution >= 4 is 21.9 Å². The first kappa shape index (κ1) is 18.5. The molecule has 0 aliphatic carbocycles. The van der Waals surface area contributed by atoms with E-state index in [9.17, 15) is 4.79 Å². The van der Waals surface area contributed by atoms with E-state index >= 15 is 0 Å². The Morgan fingerprint density at radius 3 is 2.12 bits per heavy atom. The van der Waals surface area contributed by atoms with Crippen LogP contribution in [0.25, 0.3) is 0 Å². The first-order valence-electron chi connectivity index (χ1n) is 8.04. The zero-order valence-corrected chi connectivity index (χ0v) is 15.9. The van der Waals surface area contributed by atoms with Crippen molar-refractivity contribution in [3.05, 3.63) is 58.6 Å². The van der Waals surface area contributed by atoms with Gasteiger partial charge in [-0.3, -0.25) is 4.79 Å². The lowest BCUT2D eigenvalue weighted by Gasteiger charge is -2.19. The van der Waals surface area contributed by atoms with Gasteiger partial charge in [0.1, 0.15) is 11.5 Å². The van der Waals surface area contributed by atoms with Crippen LogP contribution in [0.2, 0.25) is 0 Å². The quantitative estimate of drug-likeness (QED) is 0.370. The van der Waals surface area contributed by atoms with Gasteiger partial charge in [0.2, 0.25) is 0 Å². The highest BCUT2D eigenvalue weighted by Crippen LogP contribution is 2.24. The Bertz CT molecular complexity index is 655. The molecule has 0 saturated heterocycles. The maximum absolute atomic E-state index is 11.8. The Balaban J connectivity index is 1.70. The van der Waals surface area contributed by atoms with Crippen molar-refractivity contribution in [3.63, 3.8) is 0 Å². The molecule has 3 nitrogen and oxygen atoms in total. The third-order valence-corrected chi connectivity index (χ3v) is 4.09. The zero-order chi connectivity index (χ0) is 17.6. The third kappa shape index (κ3) is 6.00. The molecule has 0 bridgehead atoms. The molecule has 0 aliphatic rings. The standard InChI is InChI=1S/C20H23BrO3/c1-20(2,3)15-6-10-17(11-7-15)23-14-4-5-19(22)24-18-12-8-16(21)9-13-18/h6-13H,4-5,14H2,1-3H3. The lowest BCUT2D eigenvalue weighted by Crippen LogP contribution is -2.11. The lowest BCUT2D eigenvalue weighted by atomic mass is 9.87. The molecule has 0 amide bonds. The average Bonchev–Trinajstić information content (AvgIpc) is 2.53. The van der Waals surface area contributed by atoms with E-state index in [2.05, 4.69) is 48.8 Å². The summed E-state index contributed by atoms with van der Waals surface area (Å²) in [5, 5.41) is 0. The number of carbonyl (C=O) groups is 1. The summed E-state index contributed by atoms with van der Waals surface area (Å²) in [4.78, 5) is 11.8. The molecule has 2 rings (SSSR count). The van der Waals surface area contributed by atoms with Crippen LogP contribution < -0.4 is 9.47 Å². The van der Waals surface area contributed by atoms with Crippen LogP contribution in [0.4, 0.5) is 0 Å². The molecule has 24 heavy (non-hydrogen) atoms. The van der Waals surface area contributed by atoms with E-state index in [4.69, 9.17) is 9.47 Å². The van der Waals surface area contributed by atoms with Crippen molar-refractivity contribution in [2.24, 2.45) is 0 Å². The summed E-state index contributed by atoms with van der Waals surface area (Å²) in [6, 6.07) is 15.3. The fourth-order valence-corrected chi connectivity index (χ4v) is 2.41. The normalized spacial score (nSPS) is 11.2. The van der Waals surface area contributed by atoms with E-state index in [1.54, 1.807) is 12.1 Å². The van der Waals surface area contributed by atoms with E-state index in [-0.39, 0.29) is 11.4 Å². The molecule has 0 atom stereocenters. The first-order chi connectivity index (χ1) is 11.3. The van der Waals surface area contributed by atoms with Gasteiger partial charge in [-0.1, -0.05) is 48.8 Å². The molecule has 0 aliphatic heterocycles. The predicted molar refractivity (Wildman–Crippen MR) is 99.6 cm³/mol. The highest BCUT2D eigenvalue weighted by Gasteiger charge is 2.13. The van der Waals surface area contributed by atoms with Crippen LogP contribution in [0.3, 0.4) is 0 Å². The van der Waals surface area contributed by atoms with Crippen molar-refractivity contribution < 1.29 is 14.3 Å². The maximum atomic E-state index is 11.8. The summed E-state index contributed by atoms with van der Waals surface area (Å²) in [6.07, 6.45) is 0.951. The highest BCUT2D eigenvalue weighted by atomic mass is 79.9. The Hall–Kier alpha value is -1.81. The second-order valence-electron chi connectivity index (χ2n) is 6.65. The molecule has 0 aromatic heterocycles. The van der Waals surface area contributed by atoms with Gasteiger partial charge in [0.25, 0.3) is 0 Å². The number of carbonyl (C=O) groups excluding carboxylic acids is 1. The largest absolute Gasteiger partial charge is 0.494 e. The van der Waals surface area contributed by atoms with E-state index in [0.29, 0.717) is 25.2 Å². The molecular weight excluding hydrogens is 368 g/mol. The summed E-state index contributed by atoms with van der Waals surface area (Å²) in [6.45, 7) is 7.03. The molecule has 0 unspecified atom stereocenters. The molecule has 128 valence electrons. The minimum atomic E-state index is -0.246. The summed E-state index contributed by atoms with van der Waals surface area (Å²) in [7, 11) is 0. The number of hydrogen-bond acceptors (Lipinski definition) is 3. The summed E-state index contributed by atoms with van der Waals surface area (Å²) in [5.41, 5.74) is 1.41. The Morgan fingerprint density at radius 1 is 0.958 bits per heavy atom. The van der Waals surface area contributed by atoms with Crippen LogP contribution in [0.15, 0.2) is 53.0 Å². The average molecular weight is 391 g/mol. The fraction of sp³-hybridized carbons (Fsp3) is 0.350. The topological polar surface area (TPSA) is 35.5 Å². The first-order valence-corrected chi connectivity index (χ1v) is 8.83. The van der Waals surface area contributed by atoms with Crippen LogP contribution in [0.5, 0.6) is 11.5 Å². The molecule has 0 saturated carbocycles. The van der Waals surface area contributed by atoms with E-state index < -0.39 is 0 Å². The summed E-state index contributed by atoms with van der Waals surface area (Å²) < 4.78 is 11.9. The number of rotatable bonds is 6. The van der Waals surface area contributed by atoms with Gasteiger partial charge in [-0.2, -0.15) is 0 Å². The fourth-order valence-electron chi connectivity index (χ4n) is 2.14. The van der Waals surface area contributed by atoms with Gasteiger partial charge >= 0.3 is 5.97 Å². The van der Waals surface area contributed by atoms with Gasteiger partial charge in [0.05, 0.1) is 6.61 Å². The summed E-state index contributed by atoms with van der Waals surface area (Å²) in [5.74, 6) is 1.13. The second kappa shape index (κ2) is 8.34. The van der Waals surface area contributed by atoms with E-state index in [1.165, 1.54) is 5.56 Å². The SMILES string of the molecule is CC(C)(C)c1ccc(OCCCC(=O)Oc2ccc(Br)cc2)cc1. The van der Waals surface area contributed by atoms with Crippen LogP contribution in [0.1, 0.15) is 39.2 Å². The number of halogens is 1. The molecule has 0 N–H and O–H groups in total. The molecule has 0 fully saturated rings. The molecule has 0 heterocycles. The second-order valence-corrected chi connectivity index (χ2v) is 7.57. The van der Waals surface area contributed by atoms with E-state index in [1.807, 2.05) is 24.3 Å². The lowest BCUT2D eigenvalue weighted by molar-refractivity contribution is -0.134. The van der Waals surface area contributed by atoms with Crippen molar-refractivity contribution in [2.75, 3.05) is 6.61 Å². The zero-order valence-electron chi connectivity index (χ0n) is 14.3. The van der Waals surface area contributed by atoms with Crippen molar-refractivity contribution in [1.29, 1.82) is 0 Å². The van der Waals surface area contributed by atoms with Gasteiger partial charge in [-0.25, -0.2) is 0 Å². The van der Waals surface area contributed by atoms with Crippen molar-refractivity contribution in [3.8, 4) is 11.5 Å². The van der Waals surface area contributed by atoms with Gasteiger partial charge in [-0.15, -0.1) is 0 Å². The van der Waals surface area contributed by atoms with Crippen molar-refractivity contribution in [1.82, 2.24) is 0 Å². The molecule has 2 aromatic rings. The third-order valence-electron chi connectivity index (χ3n) is 3.56. The van der Waals surface area contributed by atoms with E-state index in [0.717, 1.165) is 10.2 Å². The molecule has 4 heteroatoms. The van der Waals surface area contributed by atoms with Crippen LogP contribution in [0, 0.1) is 0 Å². The van der Waals surface area contributed by atoms with Gasteiger partial charge < -0.3 is 9.47 Å². The maximum Gasteiger partial charge on any atom is 0.311 e.